The molecule has 0 saturated carbocycles. The molecule has 1 atom stereocenters. The number of hydrogen-bond donors (Lipinski definition) is 1. The molecular weight excluding hydrogens is 188 g/mol. The molecular formula is C9H11ClN2O. The lowest BCUT2D eigenvalue weighted by Crippen LogP contribution is -2.26. The van der Waals surface area contributed by atoms with Crippen molar-refractivity contribution in [2.24, 2.45) is 5.73 Å². The van der Waals surface area contributed by atoms with Crippen LogP contribution in [0.1, 0.15) is 22.8 Å². The Labute approximate surface area is 81.9 Å². The summed E-state index contributed by atoms with van der Waals surface area (Å²) < 4.78 is 0. The summed E-state index contributed by atoms with van der Waals surface area (Å²) in [6.45, 7) is 3.44. The van der Waals surface area contributed by atoms with E-state index in [2.05, 4.69) is 4.98 Å². The Balaban J connectivity index is 3.04. The van der Waals surface area contributed by atoms with Crippen LogP contribution < -0.4 is 5.73 Å². The molecule has 0 saturated heterocycles. The Kier molecular flexibility index (Phi) is 3.01. The summed E-state index contributed by atoms with van der Waals surface area (Å²) in [7, 11) is 0. The standard InChI is InChI=1S/C9H11ClN2O/c1-5-3-7(4-12-9(5)10)8(13)6(2)11/h3-4,6H,11H2,1-2H3. The molecule has 0 amide bonds. The third kappa shape index (κ3) is 2.26. The Morgan fingerprint density at radius 1 is 1.69 bits per heavy atom. The smallest absolute Gasteiger partial charge is 0.180 e. The quantitative estimate of drug-likeness (QED) is 0.580. The summed E-state index contributed by atoms with van der Waals surface area (Å²) in [5, 5.41) is 0.418. The zero-order valence-corrected chi connectivity index (χ0v) is 8.30. The van der Waals surface area contributed by atoms with E-state index in [0.717, 1.165) is 5.56 Å². The van der Waals surface area contributed by atoms with Gasteiger partial charge in [-0.1, -0.05) is 11.6 Å². The molecule has 0 aliphatic rings. The van der Waals surface area contributed by atoms with Crippen LogP contribution in [0.5, 0.6) is 0 Å². The fourth-order valence-electron chi connectivity index (χ4n) is 0.956. The number of carbonyl (C=O) groups excluding carboxylic acids is 1. The lowest BCUT2D eigenvalue weighted by molar-refractivity contribution is 0.0967. The minimum atomic E-state index is -0.498. The number of aromatic nitrogens is 1. The first-order chi connectivity index (χ1) is 6.02. The molecule has 1 aromatic heterocycles. The van der Waals surface area contributed by atoms with Crippen molar-refractivity contribution in [3.63, 3.8) is 0 Å². The van der Waals surface area contributed by atoms with E-state index in [-0.39, 0.29) is 5.78 Å². The van der Waals surface area contributed by atoms with Crippen LogP contribution in [0.4, 0.5) is 0 Å². The van der Waals surface area contributed by atoms with Gasteiger partial charge >= 0.3 is 0 Å². The van der Waals surface area contributed by atoms with E-state index in [9.17, 15) is 4.79 Å². The average Bonchev–Trinajstić information content (AvgIpc) is 2.08. The number of halogens is 1. The van der Waals surface area contributed by atoms with E-state index in [1.165, 1.54) is 6.20 Å². The van der Waals surface area contributed by atoms with Crippen LogP contribution in [0.3, 0.4) is 0 Å². The highest BCUT2D eigenvalue weighted by molar-refractivity contribution is 6.30. The van der Waals surface area contributed by atoms with Crippen molar-refractivity contribution in [1.82, 2.24) is 4.98 Å². The normalized spacial score (nSPS) is 12.6. The molecule has 70 valence electrons. The number of nitrogens with two attached hydrogens (primary N) is 1. The molecule has 3 nitrogen and oxygen atoms in total. The number of rotatable bonds is 2. The van der Waals surface area contributed by atoms with Crippen molar-refractivity contribution >= 4 is 17.4 Å². The number of nitrogens with zero attached hydrogens (tertiary/aromatic N) is 1. The molecule has 0 radical (unpaired) electrons. The first-order valence-corrected chi connectivity index (χ1v) is 4.32. The van der Waals surface area contributed by atoms with E-state index in [1.807, 2.05) is 0 Å². The molecule has 0 spiro atoms. The summed E-state index contributed by atoms with van der Waals surface area (Å²) in [5.74, 6) is -0.118. The van der Waals surface area contributed by atoms with Crippen molar-refractivity contribution in [2.45, 2.75) is 19.9 Å². The second kappa shape index (κ2) is 3.85. The third-order valence-electron chi connectivity index (χ3n) is 1.71. The van der Waals surface area contributed by atoms with Gasteiger partial charge in [-0.05, 0) is 25.5 Å². The van der Waals surface area contributed by atoms with E-state index < -0.39 is 6.04 Å². The molecule has 0 aliphatic carbocycles. The van der Waals surface area contributed by atoms with Crippen LogP contribution in [0.15, 0.2) is 12.3 Å². The Morgan fingerprint density at radius 3 is 2.77 bits per heavy atom. The van der Waals surface area contributed by atoms with E-state index in [0.29, 0.717) is 10.7 Å². The summed E-state index contributed by atoms with van der Waals surface area (Å²) in [4.78, 5) is 15.3. The fraction of sp³-hybridized carbons (Fsp3) is 0.333. The molecule has 13 heavy (non-hydrogen) atoms. The number of hydrogen-bond acceptors (Lipinski definition) is 3. The Bertz CT molecular complexity index is 336. The van der Waals surface area contributed by atoms with E-state index in [4.69, 9.17) is 17.3 Å². The zero-order chi connectivity index (χ0) is 10.0. The van der Waals surface area contributed by atoms with Gasteiger partial charge in [0.1, 0.15) is 5.15 Å². The van der Waals surface area contributed by atoms with Crippen LogP contribution in [0.2, 0.25) is 5.15 Å². The van der Waals surface area contributed by atoms with Crippen molar-refractivity contribution in [2.75, 3.05) is 0 Å². The van der Waals surface area contributed by atoms with Gasteiger partial charge in [-0.15, -0.1) is 0 Å². The summed E-state index contributed by atoms with van der Waals surface area (Å²) >= 11 is 5.71. The summed E-state index contributed by atoms with van der Waals surface area (Å²) in [6.07, 6.45) is 1.45. The minimum absolute atomic E-state index is 0.118. The molecule has 0 aromatic carbocycles. The maximum Gasteiger partial charge on any atom is 0.180 e. The number of ketones is 1. The number of carbonyl (C=O) groups is 1. The zero-order valence-electron chi connectivity index (χ0n) is 7.54. The molecule has 1 unspecified atom stereocenters. The lowest BCUT2D eigenvalue weighted by Gasteiger charge is -2.04. The summed E-state index contributed by atoms with van der Waals surface area (Å²) in [5.41, 5.74) is 6.74. The highest BCUT2D eigenvalue weighted by Crippen LogP contribution is 2.13. The van der Waals surface area contributed by atoms with Gasteiger partial charge in [-0.2, -0.15) is 0 Å². The molecule has 0 bridgehead atoms. The molecule has 0 aliphatic heterocycles. The molecule has 0 fully saturated rings. The molecule has 1 rings (SSSR count). The van der Waals surface area contributed by atoms with Crippen molar-refractivity contribution in [3.8, 4) is 0 Å². The Hall–Kier alpha value is -0.930. The topological polar surface area (TPSA) is 56.0 Å². The highest BCUT2D eigenvalue weighted by Gasteiger charge is 2.11. The molecule has 4 heteroatoms. The van der Waals surface area contributed by atoms with Gasteiger partial charge in [-0.25, -0.2) is 4.98 Å². The van der Waals surface area contributed by atoms with Gasteiger partial charge in [0, 0.05) is 11.8 Å². The van der Waals surface area contributed by atoms with E-state index >= 15 is 0 Å². The largest absolute Gasteiger partial charge is 0.321 e. The first kappa shape index (κ1) is 10.2. The second-order valence-corrected chi connectivity index (χ2v) is 3.34. The fourth-order valence-corrected chi connectivity index (χ4v) is 1.06. The van der Waals surface area contributed by atoms with Gasteiger partial charge in [0.15, 0.2) is 5.78 Å². The van der Waals surface area contributed by atoms with Gasteiger partial charge in [-0.3, -0.25) is 4.79 Å². The van der Waals surface area contributed by atoms with Gasteiger partial charge in [0.25, 0.3) is 0 Å². The predicted molar refractivity (Wildman–Crippen MR) is 52.0 cm³/mol. The van der Waals surface area contributed by atoms with Crippen LogP contribution in [-0.2, 0) is 0 Å². The number of pyridine rings is 1. The Morgan fingerprint density at radius 2 is 2.31 bits per heavy atom. The van der Waals surface area contributed by atoms with Crippen LogP contribution >= 0.6 is 11.6 Å². The molecule has 1 heterocycles. The van der Waals surface area contributed by atoms with Crippen molar-refractivity contribution in [3.05, 3.63) is 28.5 Å². The SMILES string of the molecule is Cc1cc(C(=O)C(C)N)cnc1Cl. The number of Topliss-reactive ketones (excluding diaryl/α,β-unsaturated/α-hetero) is 1. The van der Waals surface area contributed by atoms with Gasteiger partial charge in [0.2, 0.25) is 0 Å². The van der Waals surface area contributed by atoms with Crippen molar-refractivity contribution in [1.29, 1.82) is 0 Å². The monoisotopic (exact) mass is 198 g/mol. The molecule has 1 aromatic rings. The summed E-state index contributed by atoms with van der Waals surface area (Å²) in [6, 6.07) is 1.20. The third-order valence-corrected chi connectivity index (χ3v) is 2.11. The first-order valence-electron chi connectivity index (χ1n) is 3.94. The lowest BCUT2D eigenvalue weighted by atomic mass is 10.1. The van der Waals surface area contributed by atoms with Gasteiger partial charge < -0.3 is 5.73 Å². The number of aryl methyl sites for hydroxylation is 1. The average molecular weight is 199 g/mol. The van der Waals surface area contributed by atoms with Crippen molar-refractivity contribution < 1.29 is 4.79 Å². The van der Waals surface area contributed by atoms with E-state index in [1.54, 1.807) is 19.9 Å². The van der Waals surface area contributed by atoms with Crippen LogP contribution in [0, 0.1) is 6.92 Å². The van der Waals surface area contributed by atoms with Crippen LogP contribution in [0.25, 0.3) is 0 Å². The maximum atomic E-state index is 11.4. The molecule has 2 N–H and O–H groups in total. The minimum Gasteiger partial charge on any atom is -0.321 e. The predicted octanol–water partition coefficient (Wildman–Crippen LogP) is 1.57. The second-order valence-electron chi connectivity index (χ2n) is 2.98. The highest BCUT2D eigenvalue weighted by atomic mass is 35.5. The van der Waals surface area contributed by atoms with Crippen LogP contribution in [-0.4, -0.2) is 16.8 Å². The van der Waals surface area contributed by atoms with Gasteiger partial charge in [0.05, 0.1) is 6.04 Å². The maximum absolute atomic E-state index is 11.4.